The maximum absolute atomic E-state index is 14.8. The van der Waals surface area contributed by atoms with E-state index in [1.165, 1.54) is 14.0 Å². The van der Waals surface area contributed by atoms with Gasteiger partial charge in [-0.1, -0.05) is 48.0 Å². The smallest absolute Gasteiger partial charge is 0.410 e. The van der Waals surface area contributed by atoms with Crippen molar-refractivity contribution >= 4 is 34.8 Å². The summed E-state index contributed by atoms with van der Waals surface area (Å²) in [7, 11) is 1.51. The van der Waals surface area contributed by atoms with Crippen molar-refractivity contribution < 1.29 is 48.0 Å². The molecule has 14 nitrogen and oxygen atoms in total. The summed E-state index contributed by atoms with van der Waals surface area (Å²) in [6.07, 6.45) is 1.68. The number of cyclic esters (lactones) is 1. The van der Waals surface area contributed by atoms with Crippen LogP contribution in [0.4, 0.5) is 4.79 Å². The van der Waals surface area contributed by atoms with Crippen LogP contribution in [0.5, 0.6) is 0 Å². The van der Waals surface area contributed by atoms with Crippen molar-refractivity contribution in [3.63, 3.8) is 0 Å². The topological polar surface area (TPSA) is 169 Å². The molecule has 0 saturated carbocycles. The van der Waals surface area contributed by atoms with Crippen molar-refractivity contribution in [2.24, 2.45) is 35.5 Å². The molecule has 57 heavy (non-hydrogen) atoms. The zero-order chi connectivity index (χ0) is 42.0. The number of Topliss-reactive ketones (excluding diaryl/α,β-unsaturated/α-hetero) is 2. The Kier molecular flexibility index (Phi) is 14.3. The molecule has 3 aliphatic rings. The lowest BCUT2D eigenvalue weighted by Gasteiger charge is -2.47. The molecule has 318 valence electrons. The summed E-state index contributed by atoms with van der Waals surface area (Å²) in [5.41, 5.74) is -1.06. The van der Waals surface area contributed by atoms with Crippen LogP contribution in [0.2, 0.25) is 0 Å². The van der Waals surface area contributed by atoms with Crippen molar-refractivity contribution in [3.05, 3.63) is 24.7 Å². The lowest BCUT2D eigenvalue weighted by Crippen LogP contribution is -2.59. The van der Waals surface area contributed by atoms with Gasteiger partial charge in [-0.2, -0.15) is 0 Å². The van der Waals surface area contributed by atoms with Gasteiger partial charge in [0, 0.05) is 44.1 Å². The second-order valence-corrected chi connectivity index (χ2v) is 17.6. The highest BCUT2D eigenvalue weighted by Gasteiger charge is 2.60. The van der Waals surface area contributed by atoms with Crippen molar-refractivity contribution in [1.29, 1.82) is 0 Å². The number of pyridine rings is 1. The number of imidazole rings is 1. The standard InChI is InChI=1S/C43H66N4O10/c1-12-16-32-43(10)36(47(41(52)57-43)20-14-13-19-46-23-45-38-31(46)17-15-18-44-38)27(6)33(48)25(4)22-42(9,53-11)37(28(7)34(49)29(8)39(51)55-32)56-40-35(50)30(24(2)3)21-26(5)54-40/h15,17-18,23-30,32,35-37,40,50H,12-14,16,19-22H2,1-11H3/t25-,26-,27-,28+,29-,30-,32?,35-,36+,37?,40+,42-,43-/m1/s1. The predicted molar refractivity (Wildman–Crippen MR) is 212 cm³/mol. The van der Waals surface area contributed by atoms with Gasteiger partial charge >= 0.3 is 12.1 Å². The van der Waals surface area contributed by atoms with E-state index in [2.05, 4.69) is 9.97 Å². The molecule has 3 saturated heterocycles. The molecule has 3 aliphatic heterocycles. The molecular formula is C43H66N4O10. The normalized spacial score (nSPS) is 37.3. The lowest BCUT2D eigenvalue weighted by atomic mass is 9.73. The van der Waals surface area contributed by atoms with E-state index in [1.54, 1.807) is 38.2 Å². The van der Waals surface area contributed by atoms with E-state index in [0.717, 1.165) is 5.52 Å². The van der Waals surface area contributed by atoms with Gasteiger partial charge in [0.2, 0.25) is 0 Å². The van der Waals surface area contributed by atoms with E-state index < -0.39 is 83.4 Å². The van der Waals surface area contributed by atoms with Crippen LogP contribution in [0.25, 0.3) is 11.2 Å². The molecule has 3 fully saturated rings. The van der Waals surface area contributed by atoms with E-state index in [-0.39, 0.29) is 30.1 Å². The average Bonchev–Trinajstić information content (AvgIpc) is 3.71. The average molecular weight is 799 g/mol. The zero-order valence-corrected chi connectivity index (χ0v) is 35.8. The Balaban J connectivity index is 1.48. The SMILES string of the molecule is CCCC1OC(=O)[C@H](C)C(=O)[C@H](C)C(O[C@@H]2O[C@H](C)C[C@H](C(C)C)[C@H]2O)[C@](C)(OC)C[C@@H](C)C(=O)[C@@H](C)[C@@H]2N(CCCCn3cnc4ncccc43)C(=O)O[C@]12C. The Morgan fingerprint density at radius 2 is 1.70 bits per heavy atom. The molecule has 13 atom stereocenters. The highest BCUT2D eigenvalue weighted by Crippen LogP contribution is 2.44. The van der Waals surface area contributed by atoms with Crippen LogP contribution in [-0.2, 0) is 44.6 Å². The molecular weight excluding hydrogens is 732 g/mol. The number of nitrogens with zero attached hydrogens (tertiary/aromatic N) is 4. The fraction of sp³-hybridized carbons (Fsp3) is 0.767. The number of unbranched alkanes of at least 4 members (excludes halogenated alkanes) is 1. The summed E-state index contributed by atoms with van der Waals surface area (Å²) < 4.78 is 33.5. The Hall–Kier alpha value is -3.46. The molecule has 5 rings (SSSR count). The molecule has 2 aromatic rings. The first kappa shape index (κ1) is 44.6. The van der Waals surface area contributed by atoms with Crippen LogP contribution < -0.4 is 0 Å². The van der Waals surface area contributed by atoms with E-state index in [9.17, 15) is 24.3 Å². The van der Waals surface area contributed by atoms with Gasteiger partial charge in [0.1, 0.15) is 23.9 Å². The summed E-state index contributed by atoms with van der Waals surface area (Å²) in [5, 5.41) is 11.5. The second kappa shape index (κ2) is 18.2. The largest absolute Gasteiger partial charge is 0.457 e. The molecule has 14 heteroatoms. The maximum Gasteiger partial charge on any atom is 0.410 e. The van der Waals surface area contributed by atoms with Gasteiger partial charge in [0.15, 0.2) is 23.3 Å². The third-order valence-corrected chi connectivity index (χ3v) is 13.1. The van der Waals surface area contributed by atoms with Gasteiger partial charge in [-0.05, 0) is 83.8 Å². The Morgan fingerprint density at radius 1 is 1.00 bits per heavy atom. The first-order valence-electron chi connectivity index (χ1n) is 21.0. The maximum atomic E-state index is 14.8. The zero-order valence-electron chi connectivity index (χ0n) is 35.8. The number of carbonyl (C=O) groups excluding carboxylic acids is 4. The molecule has 2 unspecified atom stereocenters. The number of aliphatic hydroxyl groups excluding tert-OH is 1. The fourth-order valence-corrected chi connectivity index (χ4v) is 9.68. The highest BCUT2D eigenvalue weighted by atomic mass is 16.7. The number of amides is 1. The number of hydrogen-bond donors (Lipinski definition) is 1. The van der Waals surface area contributed by atoms with Crippen molar-refractivity contribution in [1.82, 2.24) is 19.4 Å². The van der Waals surface area contributed by atoms with Gasteiger partial charge in [0.05, 0.1) is 35.7 Å². The molecule has 0 aromatic carbocycles. The number of aryl methyl sites for hydroxylation is 1. The number of rotatable bonds is 11. The number of ether oxygens (including phenoxy) is 5. The predicted octanol–water partition coefficient (Wildman–Crippen LogP) is 6.15. The van der Waals surface area contributed by atoms with Crippen LogP contribution in [0.3, 0.4) is 0 Å². The van der Waals surface area contributed by atoms with E-state index in [4.69, 9.17) is 23.7 Å². The quantitative estimate of drug-likeness (QED) is 0.157. The molecule has 0 spiro atoms. The summed E-state index contributed by atoms with van der Waals surface area (Å²) >= 11 is 0. The molecule has 2 aromatic heterocycles. The van der Waals surface area contributed by atoms with Crippen LogP contribution in [0.1, 0.15) is 108 Å². The van der Waals surface area contributed by atoms with Crippen molar-refractivity contribution in [2.45, 2.75) is 162 Å². The van der Waals surface area contributed by atoms with Crippen LogP contribution in [-0.4, -0.2) is 110 Å². The number of hydrogen-bond acceptors (Lipinski definition) is 12. The molecule has 0 aliphatic carbocycles. The minimum atomic E-state index is -1.39. The van der Waals surface area contributed by atoms with Crippen molar-refractivity contribution in [3.8, 4) is 0 Å². The minimum Gasteiger partial charge on any atom is -0.457 e. The number of aromatic nitrogens is 3. The molecule has 0 radical (unpaired) electrons. The number of esters is 1. The van der Waals surface area contributed by atoms with Crippen LogP contribution >= 0.6 is 0 Å². The number of ketones is 2. The summed E-state index contributed by atoms with van der Waals surface area (Å²) in [6, 6.07) is 3.05. The highest BCUT2D eigenvalue weighted by molar-refractivity contribution is 6.00. The second-order valence-electron chi connectivity index (χ2n) is 17.6. The van der Waals surface area contributed by atoms with Gasteiger partial charge in [-0.25, -0.2) is 14.8 Å². The van der Waals surface area contributed by atoms with E-state index in [1.807, 2.05) is 58.2 Å². The lowest BCUT2D eigenvalue weighted by molar-refractivity contribution is -0.299. The monoisotopic (exact) mass is 798 g/mol. The van der Waals surface area contributed by atoms with Crippen LogP contribution in [0, 0.1) is 35.5 Å². The minimum absolute atomic E-state index is 0.112. The number of fused-ring (bicyclic) bond motifs is 2. The number of methoxy groups -OCH3 is 1. The van der Waals surface area contributed by atoms with Crippen LogP contribution in [0.15, 0.2) is 24.7 Å². The Bertz CT molecular complexity index is 1730. The van der Waals surface area contributed by atoms with Gasteiger partial charge in [-0.15, -0.1) is 0 Å². The van der Waals surface area contributed by atoms with Gasteiger partial charge < -0.3 is 38.3 Å². The molecule has 0 bridgehead atoms. The van der Waals surface area contributed by atoms with Gasteiger partial charge in [0.25, 0.3) is 0 Å². The Labute approximate surface area is 337 Å². The molecule has 5 heterocycles. The van der Waals surface area contributed by atoms with Crippen molar-refractivity contribution in [2.75, 3.05) is 13.7 Å². The first-order chi connectivity index (χ1) is 26.9. The summed E-state index contributed by atoms with van der Waals surface area (Å²) in [4.78, 5) is 67.4. The third kappa shape index (κ3) is 9.08. The summed E-state index contributed by atoms with van der Waals surface area (Å²) in [5.74, 6) is -4.83. The first-order valence-corrected chi connectivity index (χ1v) is 21.0. The van der Waals surface area contributed by atoms with E-state index >= 15 is 0 Å². The number of carbonyl (C=O) groups is 4. The van der Waals surface area contributed by atoms with E-state index in [0.29, 0.717) is 50.8 Å². The summed E-state index contributed by atoms with van der Waals surface area (Å²) in [6.45, 7) is 19.3. The third-order valence-electron chi connectivity index (χ3n) is 13.1. The van der Waals surface area contributed by atoms with Gasteiger partial charge in [-0.3, -0.25) is 14.4 Å². The molecule has 1 amide bonds. The number of aliphatic hydroxyl groups is 1. The Morgan fingerprint density at radius 3 is 2.37 bits per heavy atom. The molecule has 1 N–H and O–H groups in total. The fourth-order valence-electron chi connectivity index (χ4n) is 9.68.